The third-order valence-corrected chi connectivity index (χ3v) is 3.86. The number of rotatable bonds is 3. The Balaban J connectivity index is 1.78. The van der Waals surface area contributed by atoms with Gasteiger partial charge in [-0.15, -0.1) is 0 Å². The quantitative estimate of drug-likeness (QED) is 0.927. The van der Waals surface area contributed by atoms with Gasteiger partial charge in [-0.2, -0.15) is 0 Å². The topological polar surface area (TPSA) is 29.5 Å². The molecule has 0 spiro atoms. The Labute approximate surface area is 124 Å². The molecule has 2 aromatic rings. The fraction of sp³-hybridized carbons (Fsp3) is 0.294. The Morgan fingerprint density at radius 1 is 1.30 bits per heavy atom. The molecule has 1 aliphatic heterocycles. The van der Waals surface area contributed by atoms with Crippen LogP contribution in [0.15, 0.2) is 42.5 Å². The highest BCUT2D eigenvalue weighted by molar-refractivity contribution is 6.30. The molecule has 1 heterocycles. The average molecular weight is 289 g/mol. The van der Waals surface area contributed by atoms with Crippen molar-refractivity contribution < 1.29 is 9.84 Å². The Bertz CT molecular complexity index is 624. The van der Waals surface area contributed by atoms with Crippen LogP contribution in [-0.4, -0.2) is 11.2 Å². The van der Waals surface area contributed by atoms with E-state index in [4.69, 9.17) is 16.3 Å². The average Bonchev–Trinajstić information content (AvgIpc) is 2.77. The van der Waals surface area contributed by atoms with Crippen molar-refractivity contribution >= 4 is 11.6 Å². The second-order valence-electron chi connectivity index (χ2n) is 5.35. The minimum absolute atomic E-state index is 0.227. The van der Waals surface area contributed by atoms with Crippen LogP contribution >= 0.6 is 11.6 Å². The summed E-state index contributed by atoms with van der Waals surface area (Å²) in [6.45, 7) is 2.06. The van der Waals surface area contributed by atoms with Gasteiger partial charge in [0.1, 0.15) is 11.9 Å². The molecule has 2 atom stereocenters. The van der Waals surface area contributed by atoms with Gasteiger partial charge in [0.2, 0.25) is 0 Å². The number of halogens is 1. The summed E-state index contributed by atoms with van der Waals surface area (Å²) in [6.07, 6.45) is 1.18. The molecule has 3 heteroatoms. The number of hydrogen-bond donors (Lipinski definition) is 1. The molecule has 0 amide bonds. The SMILES string of the molecule is CC1Cc2cc(C(O)Cc3cccc(Cl)c3)ccc2O1. The number of aliphatic hydroxyl groups is 1. The molecular weight excluding hydrogens is 272 g/mol. The van der Waals surface area contributed by atoms with Crippen molar-refractivity contribution in [2.24, 2.45) is 0 Å². The van der Waals surface area contributed by atoms with Crippen molar-refractivity contribution in [1.29, 1.82) is 0 Å². The van der Waals surface area contributed by atoms with E-state index in [9.17, 15) is 5.11 Å². The molecule has 0 aliphatic carbocycles. The van der Waals surface area contributed by atoms with E-state index in [0.717, 1.165) is 23.3 Å². The maximum absolute atomic E-state index is 10.4. The minimum Gasteiger partial charge on any atom is -0.490 e. The van der Waals surface area contributed by atoms with Crippen LogP contribution in [-0.2, 0) is 12.8 Å². The van der Waals surface area contributed by atoms with Crippen molar-refractivity contribution in [2.45, 2.75) is 32.0 Å². The number of fused-ring (bicyclic) bond motifs is 1. The van der Waals surface area contributed by atoms with Crippen LogP contribution in [0.4, 0.5) is 0 Å². The molecule has 3 rings (SSSR count). The van der Waals surface area contributed by atoms with E-state index in [-0.39, 0.29) is 6.10 Å². The third kappa shape index (κ3) is 2.82. The maximum atomic E-state index is 10.4. The van der Waals surface area contributed by atoms with Crippen LogP contribution in [0.25, 0.3) is 0 Å². The predicted molar refractivity (Wildman–Crippen MR) is 80.4 cm³/mol. The van der Waals surface area contributed by atoms with Crippen LogP contribution in [0.3, 0.4) is 0 Å². The van der Waals surface area contributed by atoms with Gasteiger partial charge < -0.3 is 9.84 Å². The van der Waals surface area contributed by atoms with E-state index in [1.165, 1.54) is 5.56 Å². The molecule has 104 valence electrons. The normalized spacial score (nSPS) is 18.4. The molecule has 0 saturated heterocycles. The van der Waals surface area contributed by atoms with Crippen molar-refractivity contribution in [3.63, 3.8) is 0 Å². The van der Waals surface area contributed by atoms with E-state index in [0.29, 0.717) is 11.4 Å². The Morgan fingerprint density at radius 3 is 2.95 bits per heavy atom. The molecule has 2 nitrogen and oxygen atoms in total. The molecule has 2 unspecified atom stereocenters. The molecule has 0 radical (unpaired) electrons. The van der Waals surface area contributed by atoms with E-state index in [2.05, 4.69) is 6.92 Å². The van der Waals surface area contributed by atoms with E-state index in [1.54, 1.807) is 0 Å². The van der Waals surface area contributed by atoms with Crippen LogP contribution in [0, 0.1) is 0 Å². The standard InChI is InChI=1S/C17H17ClO2/c1-11-7-14-10-13(5-6-17(14)20-11)16(19)9-12-3-2-4-15(18)8-12/h2-6,8,10-11,16,19H,7,9H2,1H3. The first-order valence-corrected chi connectivity index (χ1v) is 7.21. The molecule has 0 fully saturated rings. The van der Waals surface area contributed by atoms with Crippen LogP contribution < -0.4 is 4.74 Å². The van der Waals surface area contributed by atoms with Crippen molar-refractivity contribution in [3.8, 4) is 5.75 Å². The highest BCUT2D eigenvalue weighted by Gasteiger charge is 2.20. The smallest absolute Gasteiger partial charge is 0.123 e. The third-order valence-electron chi connectivity index (χ3n) is 3.62. The summed E-state index contributed by atoms with van der Waals surface area (Å²) in [5, 5.41) is 11.1. The van der Waals surface area contributed by atoms with Crippen LogP contribution in [0.2, 0.25) is 5.02 Å². The molecule has 1 N–H and O–H groups in total. The van der Waals surface area contributed by atoms with E-state index in [1.807, 2.05) is 42.5 Å². The molecular formula is C17H17ClO2. The second kappa shape index (κ2) is 5.47. The summed E-state index contributed by atoms with van der Waals surface area (Å²) < 4.78 is 5.68. The molecule has 0 saturated carbocycles. The monoisotopic (exact) mass is 288 g/mol. The van der Waals surface area contributed by atoms with Gasteiger partial charge in [-0.05, 0) is 47.9 Å². The minimum atomic E-state index is -0.519. The first-order valence-electron chi connectivity index (χ1n) is 6.84. The lowest BCUT2D eigenvalue weighted by Gasteiger charge is -2.12. The van der Waals surface area contributed by atoms with Crippen LogP contribution in [0.5, 0.6) is 5.75 Å². The van der Waals surface area contributed by atoms with Gasteiger partial charge in [0.05, 0.1) is 6.10 Å². The van der Waals surface area contributed by atoms with Crippen LogP contribution in [0.1, 0.15) is 29.7 Å². The summed E-state index contributed by atoms with van der Waals surface area (Å²) in [6, 6.07) is 13.6. The van der Waals surface area contributed by atoms with Gasteiger partial charge in [-0.3, -0.25) is 0 Å². The van der Waals surface area contributed by atoms with Gasteiger partial charge in [-0.25, -0.2) is 0 Å². The lowest BCUT2D eigenvalue weighted by molar-refractivity contribution is 0.178. The fourth-order valence-electron chi connectivity index (χ4n) is 2.65. The highest BCUT2D eigenvalue weighted by atomic mass is 35.5. The van der Waals surface area contributed by atoms with Gasteiger partial charge in [0.15, 0.2) is 0 Å². The Kier molecular flexibility index (Phi) is 3.68. The zero-order chi connectivity index (χ0) is 14.1. The second-order valence-corrected chi connectivity index (χ2v) is 5.79. The molecule has 0 bridgehead atoms. The van der Waals surface area contributed by atoms with Crippen molar-refractivity contribution in [2.75, 3.05) is 0 Å². The summed E-state index contributed by atoms with van der Waals surface area (Å²) in [4.78, 5) is 0. The number of aliphatic hydroxyl groups excluding tert-OH is 1. The summed E-state index contributed by atoms with van der Waals surface area (Å²) in [5.74, 6) is 0.941. The number of hydrogen-bond acceptors (Lipinski definition) is 2. The zero-order valence-electron chi connectivity index (χ0n) is 11.3. The highest BCUT2D eigenvalue weighted by Crippen LogP contribution is 2.32. The Hall–Kier alpha value is -1.51. The first-order chi connectivity index (χ1) is 9.61. The van der Waals surface area contributed by atoms with Gasteiger partial charge in [0.25, 0.3) is 0 Å². The van der Waals surface area contributed by atoms with Crippen molar-refractivity contribution in [1.82, 2.24) is 0 Å². The largest absolute Gasteiger partial charge is 0.490 e. The van der Waals surface area contributed by atoms with E-state index >= 15 is 0 Å². The van der Waals surface area contributed by atoms with Gasteiger partial charge >= 0.3 is 0 Å². The zero-order valence-corrected chi connectivity index (χ0v) is 12.1. The number of ether oxygens (including phenoxy) is 1. The lowest BCUT2D eigenvalue weighted by atomic mass is 9.98. The lowest BCUT2D eigenvalue weighted by Crippen LogP contribution is -2.05. The summed E-state index contributed by atoms with van der Waals surface area (Å²) >= 11 is 5.97. The fourth-order valence-corrected chi connectivity index (χ4v) is 2.87. The molecule has 20 heavy (non-hydrogen) atoms. The predicted octanol–water partition coefficient (Wildman–Crippen LogP) is 3.94. The van der Waals surface area contributed by atoms with E-state index < -0.39 is 6.10 Å². The summed E-state index contributed by atoms with van der Waals surface area (Å²) in [5.41, 5.74) is 3.15. The summed E-state index contributed by atoms with van der Waals surface area (Å²) in [7, 11) is 0. The molecule has 2 aromatic carbocycles. The van der Waals surface area contributed by atoms with Gasteiger partial charge in [-0.1, -0.05) is 29.8 Å². The molecule has 0 aromatic heterocycles. The van der Waals surface area contributed by atoms with Gasteiger partial charge in [0, 0.05) is 17.9 Å². The van der Waals surface area contributed by atoms with Crippen molar-refractivity contribution in [3.05, 3.63) is 64.2 Å². The first kappa shape index (κ1) is 13.5. The maximum Gasteiger partial charge on any atom is 0.123 e. The molecule has 1 aliphatic rings. The number of benzene rings is 2. The Morgan fingerprint density at radius 2 is 2.15 bits per heavy atom.